The molecule has 3 heterocycles. The molecule has 0 bridgehead atoms. The Bertz CT molecular complexity index is 1770. The predicted octanol–water partition coefficient (Wildman–Crippen LogP) is 7.31. The first-order chi connectivity index (χ1) is 18.5. The number of aryl methyl sites for hydroxylation is 1. The van der Waals surface area contributed by atoms with Gasteiger partial charge in [0.2, 0.25) is 11.7 Å². The van der Waals surface area contributed by atoms with Crippen molar-refractivity contribution in [3.63, 3.8) is 0 Å². The highest BCUT2D eigenvalue weighted by Gasteiger charge is 2.33. The number of hydrogen-bond acceptors (Lipinski definition) is 6. The quantitative estimate of drug-likeness (QED) is 0.222. The van der Waals surface area contributed by atoms with E-state index >= 15 is 0 Å². The highest BCUT2D eigenvalue weighted by molar-refractivity contribution is 7.20. The molecule has 0 unspecified atom stereocenters. The molecular formula is C30H21FN2O4S. The Kier molecular flexibility index (Phi) is 6.01. The van der Waals surface area contributed by atoms with Crippen molar-refractivity contribution in [1.82, 2.24) is 9.55 Å². The molecule has 8 heteroatoms. The van der Waals surface area contributed by atoms with Gasteiger partial charge in [-0.3, -0.25) is 9.36 Å². The fraction of sp³-hybridized carbons (Fsp3) is 0.0667. The number of carbonyl (C=O) groups is 1. The van der Waals surface area contributed by atoms with Gasteiger partial charge in [-0.05, 0) is 48.4 Å². The summed E-state index contributed by atoms with van der Waals surface area (Å²) in [6, 6.07) is 26.3. The third kappa shape index (κ3) is 4.25. The maximum absolute atomic E-state index is 13.9. The molecule has 3 aromatic heterocycles. The number of carbonyl (C=O) groups excluding carboxylic acids is 1. The summed E-state index contributed by atoms with van der Waals surface area (Å²) < 4.78 is 27.9. The first kappa shape index (κ1) is 23.7. The SMILES string of the molecule is Cc1ccc(C(=O)c2c(OCc3ccccc3)c(O)n(-c3nc4ccc(F)cc4s3)c2-c2ccccc2)o1. The number of benzene rings is 3. The third-order valence-corrected chi connectivity index (χ3v) is 7.10. The largest absolute Gasteiger partial charge is 0.492 e. The Morgan fingerprint density at radius 3 is 2.47 bits per heavy atom. The average molecular weight is 525 g/mol. The van der Waals surface area contributed by atoms with Crippen molar-refractivity contribution in [3.05, 3.63) is 119 Å². The minimum atomic E-state index is -0.443. The minimum absolute atomic E-state index is 0.0113. The van der Waals surface area contributed by atoms with Crippen molar-refractivity contribution in [2.75, 3.05) is 0 Å². The topological polar surface area (TPSA) is 77.5 Å². The molecule has 6 aromatic rings. The van der Waals surface area contributed by atoms with Gasteiger partial charge in [0.05, 0.1) is 21.5 Å². The van der Waals surface area contributed by atoms with Gasteiger partial charge in [-0.25, -0.2) is 9.37 Å². The number of thiazole rings is 1. The summed E-state index contributed by atoms with van der Waals surface area (Å²) in [7, 11) is 0. The first-order valence-electron chi connectivity index (χ1n) is 11.9. The second kappa shape index (κ2) is 9.64. The van der Waals surface area contributed by atoms with E-state index in [1.165, 1.54) is 28.0 Å². The van der Waals surface area contributed by atoms with Crippen molar-refractivity contribution in [1.29, 1.82) is 0 Å². The van der Waals surface area contributed by atoms with E-state index in [1.54, 1.807) is 25.1 Å². The number of fused-ring (bicyclic) bond motifs is 1. The van der Waals surface area contributed by atoms with Crippen molar-refractivity contribution in [3.8, 4) is 28.0 Å². The maximum Gasteiger partial charge on any atom is 0.242 e. The molecular weight excluding hydrogens is 503 g/mol. The Balaban J connectivity index is 1.61. The van der Waals surface area contributed by atoms with Crippen LogP contribution in [0, 0.1) is 12.7 Å². The van der Waals surface area contributed by atoms with E-state index in [9.17, 15) is 14.3 Å². The van der Waals surface area contributed by atoms with Gasteiger partial charge in [0.25, 0.3) is 0 Å². The molecule has 3 aromatic carbocycles. The van der Waals surface area contributed by atoms with Crippen LogP contribution in [-0.2, 0) is 6.61 Å². The Labute approximate surface area is 221 Å². The molecule has 0 saturated heterocycles. The van der Waals surface area contributed by atoms with Crippen LogP contribution >= 0.6 is 11.3 Å². The Hall–Kier alpha value is -4.69. The monoisotopic (exact) mass is 524 g/mol. The van der Waals surface area contributed by atoms with E-state index in [0.717, 1.165) is 5.56 Å². The maximum atomic E-state index is 13.9. The normalized spacial score (nSPS) is 11.2. The fourth-order valence-corrected chi connectivity index (χ4v) is 5.33. The summed E-state index contributed by atoms with van der Waals surface area (Å²) in [6.45, 7) is 1.87. The Morgan fingerprint density at radius 2 is 1.76 bits per heavy atom. The first-order valence-corrected chi connectivity index (χ1v) is 12.7. The summed E-state index contributed by atoms with van der Waals surface area (Å²) in [6.07, 6.45) is 0. The molecule has 0 aliphatic rings. The zero-order valence-corrected chi connectivity index (χ0v) is 21.0. The van der Waals surface area contributed by atoms with Crippen molar-refractivity contribution < 1.29 is 23.4 Å². The van der Waals surface area contributed by atoms with Gasteiger partial charge in [0.1, 0.15) is 18.2 Å². The van der Waals surface area contributed by atoms with Crippen molar-refractivity contribution in [2.24, 2.45) is 0 Å². The number of halogens is 1. The molecule has 6 nitrogen and oxygen atoms in total. The van der Waals surface area contributed by atoms with Crippen LogP contribution in [0.2, 0.25) is 0 Å². The molecule has 0 amide bonds. The lowest BCUT2D eigenvalue weighted by Crippen LogP contribution is -2.06. The smallest absolute Gasteiger partial charge is 0.242 e. The molecule has 1 N–H and O–H groups in total. The zero-order chi connectivity index (χ0) is 26.2. The lowest BCUT2D eigenvalue weighted by Gasteiger charge is -2.09. The lowest BCUT2D eigenvalue weighted by atomic mass is 10.0. The van der Waals surface area contributed by atoms with Crippen LogP contribution < -0.4 is 4.74 Å². The van der Waals surface area contributed by atoms with Crippen LogP contribution in [0.25, 0.3) is 26.6 Å². The standard InChI is InChI=1S/C30H21FN2O4S/c1-18-12-15-23(37-18)27(34)25-26(20-10-6-3-7-11-20)33(30-32-22-14-13-21(31)16-24(22)38-30)29(35)28(25)36-17-19-8-4-2-5-9-19/h2-16,35H,17H2,1H3. The second-order valence-corrected chi connectivity index (χ2v) is 9.71. The summed E-state index contributed by atoms with van der Waals surface area (Å²) in [4.78, 5) is 18.6. The van der Waals surface area contributed by atoms with Crippen LogP contribution in [0.1, 0.15) is 27.4 Å². The van der Waals surface area contributed by atoms with Crippen molar-refractivity contribution >= 4 is 27.3 Å². The molecule has 0 aliphatic carbocycles. The van der Waals surface area contributed by atoms with E-state index in [0.29, 0.717) is 32.4 Å². The number of ether oxygens (including phenoxy) is 1. The van der Waals surface area contributed by atoms with Crippen LogP contribution in [0.15, 0.2) is 95.4 Å². The van der Waals surface area contributed by atoms with Gasteiger partial charge in [0.15, 0.2) is 16.6 Å². The molecule has 38 heavy (non-hydrogen) atoms. The van der Waals surface area contributed by atoms with Gasteiger partial charge < -0.3 is 14.3 Å². The van der Waals surface area contributed by atoms with Crippen molar-refractivity contribution in [2.45, 2.75) is 13.5 Å². The summed E-state index contributed by atoms with van der Waals surface area (Å²) >= 11 is 1.20. The molecule has 0 fully saturated rings. The minimum Gasteiger partial charge on any atom is -0.492 e. The zero-order valence-electron chi connectivity index (χ0n) is 20.2. The number of ketones is 1. The van der Waals surface area contributed by atoms with Gasteiger partial charge in [-0.2, -0.15) is 0 Å². The lowest BCUT2D eigenvalue weighted by molar-refractivity contribution is 0.100. The number of rotatable bonds is 7. The Morgan fingerprint density at radius 1 is 1.03 bits per heavy atom. The fourth-order valence-electron chi connectivity index (χ4n) is 4.33. The van der Waals surface area contributed by atoms with Gasteiger partial charge in [-0.1, -0.05) is 72.0 Å². The van der Waals surface area contributed by atoms with E-state index in [2.05, 4.69) is 4.98 Å². The molecule has 0 atom stereocenters. The van der Waals surface area contributed by atoms with E-state index in [4.69, 9.17) is 9.15 Å². The summed E-state index contributed by atoms with van der Waals surface area (Å²) in [5.41, 5.74) is 2.63. The van der Waals surface area contributed by atoms with Crippen LogP contribution in [-0.4, -0.2) is 20.4 Å². The van der Waals surface area contributed by atoms with E-state index in [1.807, 2.05) is 60.7 Å². The van der Waals surface area contributed by atoms with Crippen LogP contribution in [0.5, 0.6) is 11.6 Å². The third-order valence-electron chi connectivity index (χ3n) is 6.10. The predicted molar refractivity (Wildman–Crippen MR) is 144 cm³/mol. The van der Waals surface area contributed by atoms with Gasteiger partial charge in [0, 0.05) is 0 Å². The highest BCUT2D eigenvalue weighted by atomic mass is 32.1. The molecule has 0 spiro atoms. The molecule has 6 rings (SSSR count). The van der Waals surface area contributed by atoms with E-state index in [-0.39, 0.29) is 35.4 Å². The van der Waals surface area contributed by atoms with Crippen LogP contribution in [0.4, 0.5) is 4.39 Å². The highest BCUT2D eigenvalue weighted by Crippen LogP contribution is 2.46. The molecule has 0 saturated carbocycles. The molecule has 188 valence electrons. The average Bonchev–Trinajstić information content (AvgIpc) is 3.63. The second-order valence-electron chi connectivity index (χ2n) is 8.70. The number of hydrogen-bond donors (Lipinski definition) is 1. The number of nitrogens with zero attached hydrogens (tertiary/aromatic N) is 2. The van der Waals surface area contributed by atoms with Crippen LogP contribution in [0.3, 0.4) is 0 Å². The number of furan rings is 1. The van der Waals surface area contributed by atoms with Gasteiger partial charge in [-0.15, -0.1) is 0 Å². The van der Waals surface area contributed by atoms with E-state index < -0.39 is 5.78 Å². The van der Waals surface area contributed by atoms with Gasteiger partial charge >= 0.3 is 0 Å². The number of aromatic hydroxyl groups is 1. The number of aromatic nitrogens is 2. The summed E-state index contributed by atoms with van der Waals surface area (Å²) in [5.74, 6) is -0.404. The summed E-state index contributed by atoms with van der Waals surface area (Å²) in [5, 5.41) is 12.0. The molecule has 0 radical (unpaired) electrons. The molecule has 0 aliphatic heterocycles.